The summed E-state index contributed by atoms with van der Waals surface area (Å²) in [5.74, 6) is 0.958. The molecule has 1 atom stereocenters. The number of likely N-dealkylation sites (tertiary alicyclic amines) is 1. The molecule has 0 aromatic heterocycles. The molecular formula is C14H22BrClN2O. The van der Waals surface area contributed by atoms with E-state index in [4.69, 9.17) is 10.5 Å². The molecule has 0 saturated carbocycles. The lowest BCUT2D eigenvalue weighted by atomic mass is 9.90. The maximum Gasteiger partial charge on any atom is 0.123 e. The minimum absolute atomic E-state index is 0. The van der Waals surface area contributed by atoms with Gasteiger partial charge in [0.25, 0.3) is 0 Å². The summed E-state index contributed by atoms with van der Waals surface area (Å²) in [6.07, 6.45) is 1.18. The summed E-state index contributed by atoms with van der Waals surface area (Å²) in [6.45, 7) is 6.14. The molecule has 0 bridgehead atoms. The first-order valence-electron chi connectivity index (χ1n) is 6.31. The fourth-order valence-corrected chi connectivity index (χ4v) is 2.95. The lowest BCUT2D eigenvalue weighted by Gasteiger charge is -2.23. The van der Waals surface area contributed by atoms with Crippen LogP contribution in [0.3, 0.4) is 0 Å². The van der Waals surface area contributed by atoms with Crippen molar-refractivity contribution in [1.29, 1.82) is 0 Å². The normalized spacial score (nSPS) is 23.2. The third-order valence-corrected chi connectivity index (χ3v) is 4.26. The van der Waals surface area contributed by atoms with Crippen LogP contribution in [-0.2, 0) is 6.54 Å². The number of hydrogen-bond donors (Lipinski definition) is 1. The molecule has 1 aliphatic rings. The second-order valence-corrected chi connectivity index (χ2v) is 6.35. The molecular weight excluding hydrogens is 328 g/mol. The van der Waals surface area contributed by atoms with Crippen LogP contribution in [0.5, 0.6) is 5.75 Å². The van der Waals surface area contributed by atoms with Crippen LogP contribution in [0.25, 0.3) is 0 Å². The van der Waals surface area contributed by atoms with Gasteiger partial charge in [0, 0.05) is 23.1 Å². The highest BCUT2D eigenvalue weighted by Crippen LogP contribution is 2.31. The van der Waals surface area contributed by atoms with E-state index in [-0.39, 0.29) is 17.8 Å². The van der Waals surface area contributed by atoms with Crippen molar-refractivity contribution in [3.8, 4) is 5.75 Å². The summed E-state index contributed by atoms with van der Waals surface area (Å²) in [5.41, 5.74) is 7.35. The number of methoxy groups -OCH3 is 1. The highest BCUT2D eigenvalue weighted by atomic mass is 79.9. The van der Waals surface area contributed by atoms with Gasteiger partial charge in [-0.05, 0) is 43.1 Å². The van der Waals surface area contributed by atoms with Crippen LogP contribution in [0, 0.1) is 5.41 Å². The fraction of sp³-hybridized carbons (Fsp3) is 0.571. The van der Waals surface area contributed by atoms with Gasteiger partial charge in [0.15, 0.2) is 0 Å². The SMILES string of the molecule is COc1ccc(Br)cc1CN1CCC(C)(CN)C1.Cl. The number of nitrogens with two attached hydrogens (primary N) is 1. The van der Waals surface area contributed by atoms with E-state index in [1.54, 1.807) is 7.11 Å². The Morgan fingerprint density at radius 3 is 2.79 bits per heavy atom. The zero-order valence-corrected chi connectivity index (χ0v) is 13.9. The number of hydrogen-bond acceptors (Lipinski definition) is 3. The highest BCUT2D eigenvalue weighted by molar-refractivity contribution is 9.10. The van der Waals surface area contributed by atoms with E-state index in [9.17, 15) is 0 Å². The Hall–Kier alpha value is -0.290. The molecule has 1 aromatic carbocycles. The quantitative estimate of drug-likeness (QED) is 0.908. The van der Waals surface area contributed by atoms with E-state index in [1.165, 1.54) is 12.0 Å². The van der Waals surface area contributed by atoms with E-state index in [0.717, 1.165) is 36.4 Å². The van der Waals surface area contributed by atoms with Gasteiger partial charge in [-0.3, -0.25) is 4.90 Å². The molecule has 1 saturated heterocycles. The molecule has 19 heavy (non-hydrogen) atoms. The molecule has 0 amide bonds. The van der Waals surface area contributed by atoms with Gasteiger partial charge < -0.3 is 10.5 Å². The molecule has 2 rings (SSSR count). The number of benzene rings is 1. The van der Waals surface area contributed by atoms with E-state index < -0.39 is 0 Å². The first-order valence-corrected chi connectivity index (χ1v) is 7.10. The van der Waals surface area contributed by atoms with Gasteiger partial charge >= 0.3 is 0 Å². The summed E-state index contributed by atoms with van der Waals surface area (Å²) in [4.78, 5) is 2.46. The zero-order chi connectivity index (χ0) is 13.2. The monoisotopic (exact) mass is 348 g/mol. The maximum absolute atomic E-state index is 5.84. The van der Waals surface area contributed by atoms with E-state index >= 15 is 0 Å². The summed E-state index contributed by atoms with van der Waals surface area (Å²) >= 11 is 3.52. The Morgan fingerprint density at radius 1 is 1.47 bits per heavy atom. The largest absolute Gasteiger partial charge is 0.496 e. The van der Waals surface area contributed by atoms with Crippen molar-refractivity contribution in [3.63, 3.8) is 0 Å². The average molecular weight is 350 g/mol. The van der Waals surface area contributed by atoms with Gasteiger partial charge in [-0.1, -0.05) is 22.9 Å². The van der Waals surface area contributed by atoms with Crippen LogP contribution in [0.4, 0.5) is 0 Å². The molecule has 1 heterocycles. The number of nitrogens with zero attached hydrogens (tertiary/aromatic N) is 1. The van der Waals surface area contributed by atoms with Crippen LogP contribution in [0.15, 0.2) is 22.7 Å². The summed E-state index contributed by atoms with van der Waals surface area (Å²) in [7, 11) is 1.72. The minimum atomic E-state index is 0. The number of halogens is 2. The van der Waals surface area contributed by atoms with Crippen LogP contribution in [0.2, 0.25) is 0 Å². The molecule has 5 heteroatoms. The molecule has 0 aliphatic carbocycles. The first-order chi connectivity index (χ1) is 8.56. The van der Waals surface area contributed by atoms with Crippen molar-refractivity contribution >= 4 is 28.3 Å². The van der Waals surface area contributed by atoms with Crippen LogP contribution >= 0.6 is 28.3 Å². The number of ether oxygens (including phenoxy) is 1. The summed E-state index contributed by atoms with van der Waals surface area (Å²) < 4.78 is 6.51. The molecule has 2 N–H and O–H groups in total. The molecule has 3 nitrogen and oxygen atoms in total. The van der Waals surface area contributed by atoms with E-state index in [2.05, 4.69) is 33.8 Å². The molecule has 1 fully saturated rings. The third kappa shape index (κ3) is 4.09. The Morgan fingerprint density at radius 2 is 2.21 bits per heavy atom. The summed E-state index contributed by atoms with van der Waals surface area (Å²) in [6, 6.07) is 6.16. The van der Waals surface area contributed by atoms with Crippen molar-refractivity contribution < 1.29 is 4.74 Å². The second kappa shape index (κ2) is 6.93. The standard InChI is InChI=1S/C14H21BrN2O.ClH/c1-14(9-16)5-6-17(10-14)8-11-7-12(15)3-4-13(11)18-2;/h3-4,7H,5-6,8-10,16H2,1-2H3;1H. The molecule has 0 radical (unpaired) electrons. The van der Waals surface area contributed by atoms with Crippen molar-refractivity contribution in [2.75, 3.05) is 26.7 Å². The lowest BCUT2D eigenvalue weighted by Crippen LogP contribution is -2.31. The van der Waals surface area contributed by atoms with Crippen molar-refractivity contribution in [2.45, 2.75) is 19.9 Å². The van der Waals surface area contributed by atoms with Gasteiger partial charge in [-0.15, -0.1) is 12.4 Å². The fourth-order valence-electron chi connectivity index (χ4n) is 2.54. The Labute approximate surface area is 130 Å². The van der Waals surface area contributed by atoms with Gasteiger partial charge in [0.1, 0.15) is 5.75 Å². The van der Waals surface area contributed by atoms with Crippen LogP contribution < -0.4 is 10.5 Å². The third-order valence-electron chi connectivity index (χ3n) is 3.77. The topological polar surface area (TPSA) is 38.5 Å². The van der Waals surface area contributed by atoms with Crippen LogP contribution in [-0.4, -0.2) is 31.6 Å². The predicted octanol–water partition coefficient (Wildman–Crippen LogP) is 3.05. The second-order valence-electron chi connectivity index (χ2n) is 5.43. The van der Waals surface area contributed by atoms with Crippen LogP contribution in [0.1, 0.15) is 18.9 Å². The van der Waals surface area contributed by atoms with Gasteiger partial charge in [-0.25, -0.2) is 0 Å². The van der Waals surface area contributed by atoms with Gasteiger partial charge in [0.2, 0.25) is 0 Å². The van der Waals surface area contributed by atoms with Crippen molar-refractivity contribution in [2.24, 2.45) is 11.1 Å². The zero-order valence-electron chi connectivity index (χ0n) is 11.5. The molecule has 108 valence electrons. The lowest BCUT2D eigenvalue weighted by molar-refractivity contribution is 0.270. The first kappa shape index (κ1) is 16.8. The van der Waals surface area contributed by atoms with Crippen molar-refractivity contribution in [1.82, 2.24) is 4.90 Å². The predicted molar refractivity (Wildman–Crippen MR) is 85.0 cm³/mol. The summed E-state index contributed by atoms with van der Waals surface area (Å²) in [5, 5.41) is 0. The molecule has 1 unspecified atom stereocenters. The molecule has 0 spiro atoms. The van der Waals surface area contributed by atoms with E-state index in [1.807, 2.05) is 12.1 Å². The number of rotatable bonds is 4. The Kier molecular flexibility index (Phi) is 6.12. The maximum atomic E-state index is 5.84. The molecule has 1 aliphatic heterocycles. The van der Waals surface area contributed by atoms with E-state index in [0.29, 0.717) is 0 Å². The average Bonchev–Trinajstić information content (AvgIpc) is 2.72. The highest BCUT2D eigenvalue weighted by Gasteiger charge is 2.32. The van der Waals surface area contributed by atoms with Gasteiger partial charge in [-0.2, -0.15) is 0 Å². The van der Waals surface area contributed by atoms with Crippen molar-refractivity contribution in [3.05, 3.63) is 28.2 Å². The Bertz CT molecular complexity index is 430. The minimum Gasteiger partial charge on any atom is -0.496 e. The smallest absolute Gasteiger partial charge is 0.123 e. The van der Waals surface area contributed by atoms with Gasteiger partial charge in [0.05, 0.1) is 7.11 Å². The Balaban J connectivity index is 0.00000180. The molecule has 1 aromatic rings.